The number of carbonyl (C=O) groups is 2. The van der Waals surface area contributed by atoms with E-state index in [-0.39, 0.29) is 12.2 Å². The zero-order valence-electron chi connectivity index (χ0n) is 18.3. The summed E-state index contributed by atoms with van der Waals surface area (Å²) in [7, 11) is 0. The molecule has 0 radical (unpaired) electrons. The molecule has 0 aliphatic carbocycles. The second-order valence-electron chi connectivity index (χ2n) is 7.78. The zero-order chi connectivity index (χ0) is 24.9. The standard InChI is InChI=1S/C25H21ClN4O5/c26-17-7-3-1-6-16(17)14-30-12-11-21(31)23(24(30)34)29-25(35)28-20(13-22(32)33)19-10-9-15-5-2-4-8-18(15)27-19/h1-12,20,31H,13-14H2,(H,32,33)(H2,28,29,35). The van der Waals surface area contributed by atoms with Crippen LogP contribution >= 0.6 is 11.6 Å². The van der Waals surface area contributed by atoms with Crippen molar-refractivity contribution in [3.63, 3.8) is 0 Å². The topological polar surface area (TPSA) is 134 Å². The minimum Gasteiger partial charge on any atom is -0.505 e. The van der Waals surface area contributed by atoms with Crippen molar-refractivity contribution in [1.82, 2.24) is 14.9 Å². The van der Waals surface area contributed by atoms with Crippen LogP contribution in [0.2, 0.25) is 5.02 Å². The number of urea groups is 1. The van der Waals surface area contributed by atoms with Gasteiger partial charge in [-0.05, 0) is 29.8 Å². The molecule has 4 rings (SSSR count). The summed E-state index contributed by atoms with van der Waals surface area (Å²) in [5.74, 6) is -1.57. The van der Waals surface area contributed by atoms with Crippen LogP contribution in [0.25, 0.3) is 10.9 Å². The maximum atomic E-state index is 12.9. The molecule has 0 fully saturated rings. The lowest BCUT2D eigenvalue weighted by Gasteiger charge is -2.18. The lowest BCUT2D eigenvalue weighted by molar-refractivity contribution is -0.137. The van der Waals surface area contributed by atoms with Crippen molar-refractivity contribution < 1.29 is 19.8 Å². The number of carbonyl (C=O) groups excluding carboxylic acids is 1. The molecule has 0 aliphatic heterocycles. The quantitative estimate of drug-likeness (QED) is 0.306. The molecule has 2 heterocycles. The number of hydrogen-bond acceptors (Lipinski definition) is 5. The van der Waals surface area contributed by atoms with Gasteiger partial charge in [0.05, 0.1) is 30.2 Å². The van der Waals surface area contributed by atoms with E-state index >= 15 is 0 Å². The number of benzene rings is 2. The van der Waals surface area contributed by atoms with E-state index in [2.05, 4.69) is 15.6 Å². The first-order chi connectivity index (χ1) is 16.8. The van der Waals surface area contributed by atoms with Gasteiger partial charge in [0, 0.05) is 16.6 Å². The number of para-hydroxylation sites is 1. The summed E-state index contributed by atoms with van der Waals surface area (Å²) in [4.78, 5) is 41.6. The third-order valence-corrected chi connectivity index (χ3v) is 5.71. The number of carboxylic acid groups (broad SMARTS) is 1. The van der Waals surface area contributed by atoms with Gasteiger partial charge in [0.2, 0.25) is 0 Å². The fourth-order valence-electron chi connectivity index (χ4n) is 3.60. The summed E-state index contributed by atoms with van der Waals surface area (Å²) in [5, 5.41) is 25.8. The Balaban J connectivity index is 1.57. The van der Waals surface area contributed by atoms with Crippen LogP contribution in [0.5, 0.6) is 5.75 Å². The number of anilines is 1. The fraction of sp³-hybridized carbons (Fsp3) is 0.120. The van der Waals surface area contributed by atoms with Crippen molar-refractivity contribution >= 4 is 40.2 Å². The molecule has 9 nitrogen and oxygen atoms in total. The summed E-state index contributed by atoms with van der Waals surface area (Å²) < 4.78 is 1.29. The van der Waals surface area contributed by atoms with E-state index in [9.17, 15) is 24.6 Å². The summed E-state index contributed by atoms with van der Waals surface area (Å²) in [5.41, 5.74) is 0.665. The third-order valence-electron chi connectivity index (χ3n) is 5.34. The monoisotopic (exact) mass is 492 g/mol. The van der Waals surface area contributed by atoms with Crippen molar-refractivity contribution in [1.29, 1.82) is 0 Å². The summed E-state index contributed by atoms with van der Waals surface area (Å²) in [6, 6.07) is 17.1. The van der Waals surface area contributed by atoms with Gasteiger partial charge in [-0.15, -0.1) is 0 Å². The van der Waals surface area contributed by atoms with Crippen LogP contribution in [0.1, 0.15) is 23.7 Å². The highest BCUT2D eigenvalue weighted by Gasteiger charge is 2.21. The molecule has 35 heavy (non-hydrogen) atoms. The van der Waals surface area contributed by atoms with Gasteiger partial charge in [-0.2, -0.15) is 0 Å². The summed E-state index contributed by atoms with van der Waals surface area (Å²) in [6.07, 6.45) is 0.951. The van der Waals surface area contributed by atoms with Crippen LogP contribution in [0.3, 0.4) is 0 Å². The predicted molar refractivity (Wildman–Crippen MR) is 132 cm³/mol. The SMILES string of the molecule is O=C(O)CC(NC(=O)Nc1c(O)ccn(Cc2ccccc2Cl)c1=O)c1ccc2ccccc2n1. The molecule has 0 aliphatic rings. The van der Waals surface area contributed by atoms with E-state index in [1.54, 1.807) is 48.5 Å². The molecule has 0 spiro atoms. The third kappa shape index (κ3) is 5.59. The van der Waals surface area contributed by atoms with Crippen molar-refractivity contribution in [3.8, 4) is 5.75 Å². The van der Waals surface area contributed by atoms with Crippen LogP contribution in [0.4, 0.5) is 10.5 Å². The maximum Gasteiger partial charge on any atom is 0.320 e. The average Bonchev–Trinajstić information content (AvgIpc) is 2.84. The van der Waals surface area contributed by atoms with Gasteiger partial charge in [-0.1, -0.05) is 54.1 Å². The summed E-state index contributed by atoms with van der Waals surface area (Å²) in [6.45, 7) is 0.123. The largest absolute Gasteiger partial charge is 0.505 e. The first kappa shape index (κ1) is 23.8. The van der Waals surface area contributed by atoms with Crippen LogP contribution in [-0.2, 0) is 11.3 Å². The predicted octanol–water partition coefficient (Wildman–Crippen LogP) is 4.14. The van der Waals surface area contributed by atoms with E-state index in [0.29, 0.717) is 21.8 Å². The lowest BCUT2D eigenvalue weighted by atomic mass is 10.1. The molecular formula is C25H21ClN4O5. The minimum absolute atomic E-state index is 0.123. The van der Waals surface area contributed by atoms with Gasteiger partial charge in [-0.25, -0.2) is 4.79 Å². The van der Waals surface area contributed by atoms with E-state index in [1.165, 1.54) is 16.8 Å². The molecule has 0 saturated carbocycles. The second kappa shape index (κ2) is 10.3. The van der Waals surface area contributed by atoms with Gasteiger partial charge in [0.15, 0.2) is 5.69 Å². The molecule has 0 bridgehead atoms. The number of aromatic nitrogens is 2. The Bertz CT molecular complexity index is 1470. The number of nitrogens with zero attached hydrogens (tertiary/aromatic N) is 2. The molecule has 2 amide bonds. The number of hydrogen-bond donors (Lipinski definition) is 4. The van der Waals surface area contributed by atoms with Gasteiger partial charge in [0.25, 0.3) is 5.56 Å². The Labute approximate surface area is 204 Å². The number of aliphatic carboxylic acids is 1. The molecule has 1 atom stereocenters. The number of pyridine rings is 2. The highest BCUT2D eigenvalue weighted by atomic mass is 35.5. The Morgan fingerprint density at radius 2 is 1.77 bits per heavy atom. The van der Waals surface area contributed by atoms with Crippen LogP contribution < -0.4 is 16.2 Å². The Kier molecular flexibility index (Phi) is 6.98. The highest BCUT2D eigenvalue weighted by Crippen LogP contribution is 2.22. The molecule has 2 aromatic heterocycles. The fourth-order valence-corrected chi connectivity index (χ4v) is 3.80. The highest BCUT2D eigenvalue weighted by molar-refractivity contribution is 6.31. The zero-order valence-corrected chi connectivity index (χ0v) is 19.1. The summed E-state index contributed by atoms with van der Waals surface area (Å²) >= 11 is 6.18. The van der Waals surface area contributed by atoms with Gasteiger partial charge < -0.3 is 25.4 Å². The van der Waals surface area contributed by atoms with E-state index in [4.69, 9.17) is 11.6 Å². The van der Waals surface area contributed by atoms with E-state index in [0.717, 1.165) is 5.39 Å². The first-order valence-electron chi connectivity index (χ1n) is 10.6. The molecule has 178 valence electrons. The van der Waals surface area contributed by atoms with E-state index < -0.39 is 35.8 Å². The van der Waals surface area contributed by atoms with Crippen LogP contribution in [-0.4, -0.2) is 31.8 Å². The Hall–Kier alpha value is -4.37. The van der Waals surface area contributed by atoms with Crippen LogP contribution in [0.15, 0.2) is 77.7 Å². The van der Waals surface area contributed by atoms with Gasteiger partial charge >= 0.3 is 12.0 Å². The molecule has 1 unspecified atom stereocenters. The average molecular weight is 493 g/mol. The molecule has 0 saturated heterocycles. The van der Waals surface area contributed by atoms with E-state index in [1.807, 2.05) is 12.1 Å². The molecule has 4 aromatic rings. The number of rotatable bonds is 7. The first-order valence-corrected chi connectivity index (χ1v) is 11.0. The molecule has 10 heteroatoms. The van der Waals surface area contributed by atoms with Gasteiger partial charge in [0.1, 0.15) is 5.75 Å². The number of carboxylic acids is 1. The Morgan fingerprint density at radius 3 is 2.54 bits per heavy atom. The molecular weight excluding hydrogens is 472 g/mol. The minimum atomic E-state index is -1.14. The smallest absolute Gasteiger partial charge is 0.320 e. The number of halogens is 1. The van der Waals surface area contributed by atoms with Crippen molar-refractivity contribution in [2.24, 2.45) is 0 Å². The van der Waals surface area contributed by atoms with Gasteiger partial charge in [-0.3, -0.25) is 14.6 Å². The number of nitrogens with one attached hydrogen (secondary N) is 2. The van der Waals surface area contributed by atoms with Crippen molar-refractivity contribution in [3.05, 3.63) is 99.6 Å². The Morgan fingerprint density at radius 1 is 1.03 bits per heavy atom. The normalized spacial score (nSPS) is 11.7. The lowest BCUT2D eigenvalue weighted by Crippen LogP contribution is -2.36. The number of fused-ring (bicyclic) bond motifs is 1. The van der Waals surface area contributed by atoms with Crippen molar-refractivity contribution in [2.75, 3.05) is 5.32 Å². The van der Waals surface area contributed by atoms with Crippen molar-refractivity contribution in [2.45, 2.75) is 19.0 Å². The second-order valence-corrected chi connectivity index (χ2v) is 8.19. The molecule has 2 aromatic carbocycles. The molecule has 4 N–H and O–H groups in total. The number of amides is 2. The van der Waals surface area contributed by atoms with Crippen LogP contribution in [0, 0.1) is 0 Å². The maximum absolute atomic E-state index is 12.9. The number of aromatic hydroxyl groups is 1.